The molecule has 0 saturated carbocycles. The zero-order valence-corrected chi connectivity index (χ0v) is 10.2. The fraction of sp³-hybridized carbons (Fsp3) is 0.364. The van der Waals surface area contributed by atoms with E-state index in [-0.39, 0.29) is 0 Å². The highest BCUT2D eigenvalue weighted by atomic mass is 35.5. The Kier molecular flexibility index (Phi) is 2.89. The van der Waals surface area contributed by atoms with Crippen molar-refractivity contribution in [1.82, 2.24) is 9.55 Å². The molecule has 0 radical (unpaired) electrons. The average molecular weight is 243 g/mol. The zero-order valence-electron chi connectivity index (χ0n) is 8.67. The first-order valence-electron chi connectivity index (χ1n) is 4.96. The second kappa shape index (κ2) is 4.03. The molecule has 0 bridgehead atoms. The maximum Gasteiger partial charge on any atom is 0.140 e. The highest BCUT2D eigenvalue weighted by Crippen LogP contribution is 2.28. The lowest BCUT2D eigenvalue weighted by Crippen LogP contribution is -2.01. The summed E-state index contributed by atoms with van der Waals surface area (Å²) in [4.78, 5) is 4.02. The van der Waals surface area contributed by atoms with E-state index in [1.165, 1.54) is 0 Å². The van der Waals surface area contributed by atoms with Crippen LogP contribution in [0.15, 0.2) is 18.3 Å². The Bertz CT molecular complexity index is 491. The maximum absolute atomic E-state index is 6.01. The van der Waals surface area contributed by atoms with Crippen molar-refractivity contribution in [2.24, 2.45) is 0 Å². The number of halogens is 2. The van der Waals surface area contributed by atoms with Crippen LogP contribution >= 0.6 is 23.2 Å². The van der Waals surface area contributed by atoms with Crippen LogP contribution in [0.25, 0.3) is 10.9 Å². The van der Waals surface area contributed by atoms with Gasteiger partial charge in [0.15, 0.2) is 0 Å². The molecular weight excluding hydrogens is 231 g/mol. The Balaban J connectivity index is 2.68. The van der Waals surface area contributed by atoms with Gasteiger partial charge in [0.25, 0.3) is 0 Å². The van der Waals surface area contributed by atoms with Crippen molar-refractivity contribution >= 4 is 34.1 Å². The van der Waals surface area contributed by atoms with Crippen LogP contribution in [0.3, 0.4) is 0 Å². The molecule has 80 valence electrons. The minimum absolute atomic E-state index is 0.441. The normalized spacial score (nSPS) is 13.3. The van der Waals surface area contributed by atoms with Crippen molar-refractivity contribution in [1.29, 1.82) is 0 Å². The molecule has 0 saturated heterocycles. The summed E-state index contributed by atoms with van der Waals surface area (Å²) in [5, 5.41) is 1.87. The summed E-state index contributed by atoms with van der Waals surface area (Å²) in [6.07, 6.45) is 3.10. The molecule has 2 heterocycles. The van der Waals surface area contributed by atoms with Gasteiger partial charge in [0.05, 0.1) is 5.52 Å². The minimum Gasteiger partial charge on any atom is -0.345 e. The van der Waals surface area contributed by atoms with Gasteiger partial charge in [-0.2, -0.15) is 0 Å². The van der Waals surface area contributed by atoms with Gasteiger partial charge in [-0.1, -0.05) is 30.1 Å². The first-order chi connectivity index (χ1) is 7.13. The van der Waals surface area contributed by atoms with Gasteiger partial charge in [-0.15, -0.1) is 0 Å². The summed E-state index contributed by atoms with van der Waals surface area (Å²) in [6, 6.07) is 4.28. The van der Waals surface area contributed by atoms with Gasteiger partial charge in [-0.25, -0.2) is 4.98 Å². The zero-order chi connectivity index (χ0) is 11.0. The molecular formula is C11H12Cl2N2. The molecule has 0 fully saturated rings. The van der Waals surface area contributed by atoms with Crippen LogP contribution in [0.5, 0.6) is 0 Å². The van der Waals surface area contributed by atoms with Crippen molar-refractivity contribution < 1.29 is 0 Å². The van der Waals surface area contributed by atoms with E-state index in [9.17, 15) is 0 Å². The molecule has 0 aliphatic rings. The molecule has 2 nitrogen and oxygen atoms in total. The van der Waals surface area contributed by atoms with Gasteiger partial charge < -0.3 is 4.57 Å². The number of aromatic nitrogens is 2. The Labute approximate surface area is 98.8 Å². The van der Waals surface area contributed by atoms with Gasteiger partial charge >= 0.3 is 0 Å². The van der Waals surface area contributed by atoms with Crippen LogP contribution in [-0.2, 0) is 0 Å². The number of rotatable bonds is 2. The van der Waals surface area contributed by atoms with Crippen molar-refractivity contribution in [2.75, 3.05) is 0 Å². The molecule has 2 aromatic rings. The standard InChI is InChI=1S/C11H12Cl2N2/c1-3-7(2)15-5-4-8-9(15)6-10(12)14-11(8)13/h4-7H,3H2,1-2H3/t7-/m0/s1. The topological polar surface area (TPSA) is 17.8 Å². The molecule has 1 atom stereocenters. The summed E-state index contributed by atoms with van der Waals surface area (Å²) >= 11 is 11.9. The quantitative estimate of drug-likeness (QED) is 0.718. The van der Waals surface area contributed by atoms with Crippen molar-refractivity contribution in [3.05, 3.63) is 28.6 Å². The number of hydrogen-bond donors (Lipinski definition) is 0. The summed E-state index contributed by atoms with van der Waals surface area (Å²) < 4.78 is 2.18. The monoisotopic (exact) mass is 242 g/mol. The van der Waals surface area contributed by atoms with Crippen molar-refractivity contribution in [3.63, 3.8) is 0 Å². The lowest BCUT2D eigenvalue weighted by atomic mass is 10.2. The van der Waals surface area contributed by atoms with Crippen LogP contribution in [0, 0.1) is 0 Å². The third-order valence-corrected chi connectivity index (χ3v) is 3.19. The lowest BCUT2D eigenvalue weighted by molar-refractivity contribution is 0.548. The van der Waals surface area contributed by atoms with Gasteiger partial charge in [0, 0.05) is 17.6 Å². The van der Waals surface area contributed by atoms with E-state index < -0.39 is 0 Å². The molecule has 0 amide bonds. The van der Waals surface area contributed by atoms with Gasteiger partial charge in [0.2, 0.25) is 0 Å². The van der Waals surface area contributed by atoms with Crippen LogP contribution in [0.4, 0.5) is 0 Å². The minimum atomic E-state index is 0.441. The van der Waals surface area contributed by atoms with E-state index in [0.717, 1.165) is 17.3 Å². The number of nitrogens with zero attached hydrogens (tertiary/aromatic N) is 2. The van der Waals surface area contributed by atoms with Crippen molar-refractivity contribution in [3.8, 4) is 0 Å². The van der Waals surface area contributed by atoms with Crippen molar-refractivity contribution in [2.45, 2.75) is 26.3 Å². The second-order valence-electron chi connectivity index (χ2n) is 3.65. The molecule has 2 rings (SSSR count). The Morgan fingerprint density at radius 2 is 2.20 bits per heavy atom. The second-order valence-corrected chi connectivity index (χ2v) is 4.39. The fourth-order valence-corrected chi connectivity index (χ4v) is 2.15. The summed E-state index contributed by atoms with van der Waals surface area (Å²) in [6.45, 7) is 4.32. The van der Waals surface area contributed by atoms with E-state index >= 15 is 0 Å². The molecule has 0 aromatic carbocycles. The molecule has 2 aromatic heterocycles. The SMILES string of the molecule is CC[C@H](C)n1ccc2c(Cl)nc(Cl)cc21. The number of hydrogen-bond acceptors (Lipinski definition) is 1. The first kappa shape index (κ1) is 10.8. The molecule has 0 aliphatic heterocycles. The van der Waals surface area contributed by atoms with Crippen LogP contribution in [0.2, 0.25) is 10.3 Å². The van der Waals surface area contributed by atoms with Gasteiger partial charge in [-0.3, -0.25) is 0 Å². The predicted octanol–water partition coefficient (Wildman–Crippen LogP) is 4.31. The van der Waals surface area contributed by atoms with Crippen LogP contribution in [-0.4, -0.2) is 9.55 Å². The number of fused-ring (bicyclic) bond motifs is 1. The van der Waals surface area contributed by atoms with Crippen LogP contribution in [0.1, 0.15) is 26.3 Å². The lowest BCUT2D eigenvalue weighted by Gasteiger charge is -2.12. The fourth-order valence-electron chi connectivity index (χ4n) is 1.67. The molecule has 4 heteroatoms. The highest BCUT2D eigenvalue weighted by molar-refractivity contribution is 6.36. The summed E-state index contributed by atoms with van der Waals surface area (Å²) in [5.41, 5.74) is 1.05. The third-order valence-electron chi connectivity index (χ3n) is 2.70. The first-order valence-corrected chi connectivity index (χ1v) is 5.71. The van der Waals surface area contributed by atoms with Crippen LogP contribution < -0.4 is 0 Å². The smallest absolute Gasteiger partial charge is 0.140 e. The summed E-state index contributed by atoms with van der Waals surface area (Å²) in [5.74, 6) is 0. The third kappa shape index (κ3) is 1.84. The van der Waals surface area contributed by atoms with Gasteiger partial charge in [0.1, 0.15) is 10.3 Å². The molecule has 0 spiro atoms. The molecule has 0 N–H and O–H groups in total. The largest absolute Gasteiger partial charge is 0.345 e. The Hall–Kier alpha value is -0.730. The Morgan fingerprint density at radius 3 is 2.87 bits per heavy atom. The highest BCUT2D eigenvalue weighted by Gasteiger charge is 2.10. The van der Waals surface area contributed by atoms with E-state index in [1.54, 1.807) is 0 Å². The van der Waals surface area contributed by atoms with Gasteiger partial charge in [-0.05, 0) is 25.5 Å². The van der Waals surface area contributed by atoms with E-state index in [0.29, 0.717) is 16.3 Å². The van der Waals surface area contributed by atoms with E-state index in [4.69, 9.17) is 23.2 Å². The molecule has 0 unspecified atom stereocenters. The average Bonchev–Trinajstić information content (AvgIpc) is 2.60. The van der Waals surface area contributed by atoms with E-state index in [2.05, 4.69) is 23.4 Å². The Morgan fingerprint density at radius 1 is 1.47 bits per heavy atom. The molecule has 15 heavy (non-hydrogen) atoms. The number of pyridine rings is 1. The summed E-state index contributed by atoms with van der Waals surface area (Å²) in [7, 11) is 0. The predicted molar refractivity (Wildman–Crippen MR) is 64.8 cm³/mol. The van der Waals surface area contributed by atoms with E-state index in [1.807, 2.05) is 18.3 Å². The molecule has 0 aliphatic carbocycles. The maximum atomic E-state index is 6.01.